The summed E-state index contributed by atoms with van der Waals surface area (Å²) in [5, 5.41) is 0.819. The molecular formula is C22H26N6O3S. The highest BCUT2D eigenvalue weighted by molar-refractivity contribution is 7.89. The van der Waals surface area contributed by atoms with Crippen LogP contribution in [0.25, 0.3) is 10.9 Å². The second kappa shape index (κ2) is 8.61. The summed E-state index contributed by atoms with van der Waals surface area (Å²) in [6, 6.07) is 10.9. The molecule has 2 aliphatic heterocycles. The molecule has 0 radical (unpaired) electrons. The van der Waals surface area contributed by atoms with Gasteiger partial charge in [0, 0.05) is 62.6 Å². The Hall–Kier alpha value is -2.82. The summed E-state index contributed by atoms with van der Waals surface area (Å²) >= 11 is 0. The number of benzene rings is 1. The molecule has 0 aliphatic carbocycles. The summed E-state index contributed by atoms with van der Waals surface area (Å²) in [5.74, 6) is 1.54. The molecule has 0 spiro atoms. The first-order valence-electron chi connectivity index (χ1n) is 10.8. The fraction of sp³-hybridized carbons (Fsp3) is 0.409. The van der Waals surface area contributed by atoms with Crippen LogP contribution in [0.15, 0.2) is 47.5 Å². The largest absolute Gasteiger partial charge is 0.378 e. The second-order valence-electron chi connectivity index (χ2n) is 7.99. The number of sulfonamides is 1. The van der Waals surface area contributed by atoms with Crippen molar-refractivity contribution >= 4 is 32.7 Å². The Morgan fingerprint density at radius 2 is 1.66 bits per heavy atom. The standard InChI is InChI=1S/C22H26N6O3S/c1-17-16-20(25-22(24-17)27-12-14-31-15-13-27)26-8-10-28(11-9-26)32(29,30)19-6-2-4-18-5-3-7-23-21(18)19/h2-7,16H,8-15H2,1H3. The molecular weight excluding hydrogens is 428 g/mol. The lowest BCUT2D eigenvalue weighted by Crippen LogP contribution is -2.49. The van der Waals surface area contributed by atoms with Crippen molar-refractivity contribution in [1.29, 1.82) is 0 Å². The Kier molecular flexibility index (Phi) is 5.66. The van der Waals surface area contributed by atoms with Crippen LogP contribution < -0.4 is 9.80 Å². The Morgan fingerprint density at radius 1 is 0.906 bits per heavy atom. The number of anilines is 2. The maximum Gasteiger partial charge on any atom is 0.245 e. The molecule has 0 saturated carbocycles. The third kappa shape index (κ3) is 4.01. The Labute approximate surface area is 187 Å². The molecule has 0 bridgehead atoms. The van der Waals surface area contributed by atoms with Gasteiger partial charge in [-0.1, -0.05) is 18.2 Å². The van der Waals surface area contributed by atoms with E-state index in [9.17, 15) is 8.42 Å². The molecule has 168 valence electrons. The number of aromatic nitrogens is 3. The van der Waals surface area contributed by atoms with Gasteiger partial charge >= 0.3 is 0 Å². The molecule has 32 heavy (non-hydrogen) atoms. The predicted octanol–water partition coefficient (Wildman–Crippen LogP) is 1.68. The highest BCUT2D eigenvalue weighted by Crippen LogP contribution is 2.26. The van der Waals surface area contributed by atoms with Crippen molar-refractivity contribution in [2.24, 2.45) is 0 Å². The zero-order chi connectivity index (χ0) is 22.1. The van der Waals surface area contributed by atoms with Crippen LogP contribution in [0.5, 0.6) is 0 Å². The lowest BCUT2D eigenvalue weighted by Gasteiger charge is -2.35. The normalized spacial score (nSPS) is 18.3. The minimum atomic E-state index is -3.64. The molecule has 1 aromatic carbocycles. The van der Waals surface area contributed by atoms with Crippen LogP contribution in [0, 0.1) is 6.92 Å². The van der Waals surface area contributed by atoms with Crippen molar-refractivity contribution < 1.29 is 13.2 Å². The van der Waals surface area contributed by atoms with Gasteiger partial charge in [-0.25, -0.2) is 13.4 Å². The maximum absolute atomic E-state index is 13.4. The van der Waals surface area contributed by atoms with Crippen LogP contribution in [-0.4, -0.2) is 80.2 Å². The number of rotatable bonds is 4. The third-order valence-electron chi connectivity index (χ3n) is 5.90. The van der Waals surface area contributed by atoms with Crippen LogP contribution in [0.2, 0.25) is 0 Å². The second-order valence-corrected chi connectivity index (χ2v) is 9.90. The van der Waals surface area contributed by atoms with Crippen molar-refractivity contribution in [2.75, 3.05) is 62.3 Å². The van der Waals surface area contributed by atoms with Crippen molar-refractivity contribution in [1.82, 2.24) is 19.3 Å². The molecule has 10 heteroatoms. The van der Waals surface area contributed by atoms with Gasteiger partial charge in [0.15, 0.2) is 0 Å². The van der Waals surface area contributed by atoms with Crippen LogP contribution >= 0.6 is 0 Å². The van der Waals surface area contributed by atoms with E-state index in [2.05, 4.69) is 19.8 Å². The smallest absolute Gasteiger partial charge is 0.245 e. The molecule has 0 amide bonds. The van der Waals surface area contributed by atoms with Gasteiger partial charge in [-0.3, -0.25) is 4.98 Å². The fourth-order valence-electron chi connectivity index (χ4n) is 4.18. The number of fused-ring (bicyclic) bond motifs is 1. The molecule has 0 unspecified atom stereocenters. The van der Waals surface area contributed by atoms with E-state index in [0.29, 0.717) is 50.9 Å². The number of nitrogens with zero attached hydrogens (tertiary/aromatic N) is 6. The van der Waals surface area contributed by atoms with Crippen molar-refractivity contribution in [3.63, 3.8) is 0 Å². The number of pyridine rings is 1. The van der Waals surface area contributed by atoms with Gasteiger partial charge in [0.05, 0.1) is 18.7 Å². The van der Waals surface area contributed by atoms with E-state index in [0.717, 1.165) is 30.0 Å². The SMILES string of the molecule is Cc1cc(N2CCN(S(=O)(=O)c3cccc4cccnc34)CC2)nc(N2CCOCC2)n1. The van der Waals surface area contributed by atoms with E-state index in [1.807, 2.05) is 31.2 Å². The average molecular weight is 455 g/mol. The van der Waals surface area contributed by atoms with Gasteiger partial charge in [-0.05, 0) is 19.1 Å². The van der Waals surface area contributed by atoms with Crippen LogP contribution in [0.1, 0.15) is 5.69 Å². The number of morpholine rings is 1. The molecule has 4 heterocycles. The predicted molar refractivity (Wildman–Crippen MR) is 123 cm³/mol. The number of para-hydroxylation sites is 1. The Balaban J connectivity index is 1.34. The minimum absolute atomic E-state index is 0.261. The summed E-state index contributed by atoms with van der Waals surface area (Å²) < 4.78 is 33.7. The molecule has 0 atom stereocenters. The van der Waals surface area contributed by atoms with E-state index in [4.69, 9.17) is 9.72 Å². The van der Waals surface area contributed by atoms with E-state index in [-0.39, 0.29) is 4.90 Å². The molecule has 2 fully saturated rings. The first-order chi connectivity index (χ1) is 15.5. The lowest BCUT2D eigenvalue weighted by molar-refractivity contribution is 0.122. The molecule has 2 saturated heterocycles. The molecule has 2 aromatic heterocycles. The van der Waals surface area contributed by atoms with Crippen molar-refractivity contribution in [3.8, 4) is 0 Å². The Morgan fingerprint density at radius 3 is 2.44 bits per heavy atom. The van der Waals surface area contributed by atoms with Gasteiger partial charge < -0.3 is 14.5 Å². The first kappa shape index (κ1) is 21.0. The van der Waals surface area contributed by atoms with Gasteiger partial charge in [0.1, 0.15) is 10.7 Å². The molecule has 2 aliphatic rings. The first-order valence-corrected chi connectivity index (χ1v) is 12.2. The topological polar surface area (TPSA) is 91.8 Å². The number of hydrogen-bond donors (Lipinski definition) is 0. The quantitative estimate of drug-likeness (QED) is 0.588. The van der Waals surface area contributed by atoms with Crippen molar-refractivity contribution in [3.05, 3.63) is 48.3 Å². The molecule has 0 N–H and O–H groups in total. The third-order valence-corrected chi connectivity index (χ3v) is 7.83. The maximum atomic E-state index is 13.4. The zero-order valence-electron chi connectivity index (χ0n) is 18.0. The number of piperazine rings is 1. The number of ether oxygens (including phenoxy) is 1. The number of aryl methyl sites for hydroxylation is 1. The summed E-state index contributed by atoms with van der Waals surface area (Å²) in [7, 11) is -3.64. The summed E-state index contributed by atoms with van der Waals surface area (Å²) in [6.07, 6.45) is 1.63. The highest BCUT2D eigenvalue weighted by atomic mass is 32.2. The zero-order valence-corrected chi connectivity index (χ0v) is 18.8. The van der Waals surface area contributed by atoms with Gasteiger partial charge in [0.2, 0.25) is 16.0 Å². The highest BCUT2D eigenvalue weighted by Gasteiger charge is 2.31. The van der Waals surface area contributed by atoms with Crippen LogP contribution in [-0.2, 0) is 14.8 Å². The summed E-state index contributed by atoms with van der Waals surface area (Å²) in [4.78, 5) is 18.2. The summed E-state index contributed by atoms with van der Waals surface area (Å²) in [5.41, 5.74) is 1.41. The molecule has 9 nitrogen and oxygen atoms in total. The van der Waals surface area contributed by atoms with E-state index in [1.165, 1.54) is 0 Å². The fourth-order valence-corrected chi connectivity index (χ4v) is 5.77. The van der Waals surface area contributed by atoms with Gasteiger partial charge in [-0.2, -0.15) is 9.29 Å². The average Bonchev–Trinajstić information content (AvgIpc) is 2.84. The monoisotopic (exact) mass is 454 g/mol. The van der Waals surface area contributed by atoms with E-state index < -0.39 is 10.0 Å². The van der Waals surface area contributed by atoms with Crippen LogP contribution in [0.3, 0.4) is 0 Å². The van der Waals surface area contributed by atoms with Crippen LogP contribution in [0.4, 0.5) is 11.8 Å². The van der Waals surface area contributed by atoms with Crippen molar-refractivity contribution in [2.45, 2.75) is 11.8 Å². The molecule has 3 aromatic rings. The lowest BCUT2D eigenvalue weighted by atomic mass is 10.2. The van der Waals surface area contributed by atoms with Gasteiger partial charge in [-0.15, -0.1) is 0 Å². The minimum Gasteiger partial charge on any atom is -0.378 e. The van der Waals surface area contributed by atoms with E-state index >= 15 is 0 Å². The Bertz CT molecular complexity index is 1220. The number of hydrogen-bond acceptors (Lipinski definition) is 8. The summed E-state index contributed by atoms with van der Waals surface area (Å²) in [6.45, 7) is 6.76. The van der Waals surface area contributed by atoms with E-state index in [1.54, 1.807) is 22.6 Å². The van der Waals surface area contributed by atoms with Gasteiger partial charge in [0.25, 0.3) is 0 Å². The molecule has 5 rings (SSSR count).